The van der Waals surface area contributed by atoms with Crippen LogP contribution in [0.25, 0.3) is 0 Å². The smallest absolute Gasteiger partial charge is 0.222 e. The molecule has 0 saturated carbocycles. The molecule has 2 rings (SSSR count). The number of hydrogen-bond acceptors (Lipinski definition) is 3. The van der Waals surface area contributed by atoms with Crippen molar-refractivity contribution < 1.29 is 4.79 Å². The zero-order chi connectivity index (χ0) is 10.5. The third-order valence-corrected chi connectivity index (χ3v) is 4.24. The molecule has 3 nitrogen and oxygen atoms in total. The van der Waals surface area contributed by atoms with Crippen LogP contribution in [0.1, 0.15) is 19.3 Å². The van der Waals surface area contributed by atoms with E-state index in [1.165, 1.54) is 6.42 Å². The molecule has 94 valence electrons. The topological polar surface area (TPSA) is 32.3 Å². The first-order chi connectivity index (χ1) is 7.36. The highest BCUT2D eigenvalue weighted by atomic mass is 35.5. The van der Waals surface area contributed by atoms with Crippen molar-refractivity contribution >= 4 is 30.1 Å². The zero-order valence-electron chi connectivity index (χ0n) is 9.61. The number of thioether (sulfide) groups is 1. The van der Waals surface area contributed by atoms with Gasteiger partial charge in [0.15, 0.2) is 0 Å². The second-order valence-corrected chi connectivity index (χ2v) is 5.62. The van der Waals surface area contributed by atoms with Crippen LogP contribution < -0.4 is 5.32 Å². The van der Waals surface area contributed by atoms with Crippen molar-refractivity contribution in [3.8, 4) is 0 Å². The van der Waals surface area contributed by atoms with Gasteiger partial charge in [0, 0.05) is 31.0 Å². The molecule has 1 atom stereocenters. The van der Waals surface area contributed by atoms with Gasteiger partial charge in [0.1, 0.15) is 0 Å². The van der Waals surface area contributed by atoms with Crippen LogP contribution >= 0.6 is 24.2 Å². The Kier molecular flexibility index (Phi) is 6.54. The van der Waals surface area contributed by atoms with Gasteiger partial charge in [0.05, 0.1) is 0 Å². The van der Waals surface area contributed by atoms with Gasteiger partial charge in [0.2, 0.25) is 5.91 Å². The molecule has 2 saturated heterocycles. The quantitative estimate of drug-likeness (QED) is 0.836. The second kappa shape index (κ2) is 7.41. The summed E-state index contributed by atoms with van der Waals surface area (Å²) in [6, 6.07) is 0. The SMILES string of the molecule is Cl.O=C(CCC1CCNC1)N1CCSCC1. The average molecular weight is 265 g/mol. The lowest BCUT2D eigenvalue weighted by atomic mass is 10.0. The van der Waals surface area contributed by atoms with E-state index >= 15 is 0 Å². The molecule has 1 N–H and O–H groups in total. The van der Waals surface area contributed by atoms with Gasteiger partial charge < -0.3 is 10.2 Å². The number of hydrogen-bond donors (Lipinski definition) is 1. The van der Waals surface area contributed by atoms with Gasteiger partial charge in [-0.3, -0.25) is 4.79 Å². The van der Waals surface area contributed by atoms with Crippen LogP contribution in [0.4, 0.5) is 0 Å². The average Bonchev–Trinajstić information content (AvgIpc) is 2.80. The normalized spacial score (nSPS) is 25.2. The van der Waals surface area contributed by atoms with Crippen molar-refractivity contribution in [3.05, 3.63) is 0 Å². The fourth-order valence-electron chi connectivity index (χ4n) is 2.26. The Bertz CT molecular complexity index is 216. The van der Waals surface area contributed by atoms with Gasteiger partial charge in [-0.15, -0.1) is 12.4 Å². The Balaban J connectivity index is 0.00000128. The molecule has 0 bridgehead atoms. The van der Waals surface area contributed by atoms with Crippen molar-refractivity contribution in [1.29, 1.82) is 0 Å². The number of carbonyl (C=O) groups is 1. The summed E-state index contributed by atoms with van der Waals surface area (Å²) >= 11 is 1.96. The van der Waals surface area contributed by atoms with Crippen LogP contribution in [0.5, 0.6) is 0 Å². The molecule has 5 heteroatoms. The molecular formula is C11H21ClN2OS. The lowest BCUT2D eigenvalue weighted by molar-refractivity contribution is -0.131. The van der Waals surface area contributed by atoms with Crippen LogP contribution in [0, 0.1) is 5.92 Å². The molecule has 1 unspecified atom stereocenters. The molecule has 2 aliphatic heterocycles. The van der Waals surface area contributed by atoms with Crippen molar-refractivity contribution in [2.45, 2.75) is 19.3 Å². The van der Waals surface area contributed by atoms with Crippen LogP contribution in [-0.2, 0) is 4.79 Å². The summed E-state index contributed by atoms with van der Waals surface area (Å²) in [5, 5.41) is 3.35. The Morgan fingerprint density at radius 3 is 2.75 bits per heavy atom. The van der Waals surface area contributed by atoms with Crippen molar-refractivity contribution in [1.82, 2.24) is 10.2 Å². The standard InChI is InChI=1S/C11H20N2OS.ClH/c14-11(13-5-7-15-8-6-13)2-1-10-3-4-12-9-10;/h10,12H,1-9H2;1H. The van der Waals surface area contributed by atoms with Gasteiger partial charge in [-0.2, -0.15) is 11.8 Å². The molecule has 0 aromatic heterocycles. The fraction of sp³-hybridized carbons (Fsp3) is 0.909. The molecular weight excluding hydrogens is 244 g/mol. The van der Waals surface area contributed by atoms with E-state index in [9.17, 15) is 4.79 Å². The summed E-state index contributed by atoms with van der Waals surface area (Å²) < 4.78 is 0. The van der Waals surface area contributed by atoms with E-state index in [4.69, 9.17) is 0 Å². The minimum absolute atomic E-state index is 0. The predicted molar refractivity (Wildman–Crippen MR) is 71.4 cm³/mol. The summed E-state index contributed by atoms with van der Waals surface area (Å²) in [6.07, 6.45) is 3.09. The molecule has 2 heterocycles. The minimum Gasteiger partial charge on any atom is -0.341 e. The Morgan fingerprint density at radius 1 is 1.38 bits per heavy atom. The number of rotatable bonds is 3. The lowest BCUT2D eigenvalue weighted by Crippen LogP contribution is -2.38. The Morgan fingerprint density at radius 2 is 2.12 bits per heavy atom. The highest BCUT2D eigenvalue weighted by Gasteiger charge is 2.19. The summed E-state index contributed by atoms with van der Waals surface area (Å²) in [7, 11) is 0. The molecule has 16 heavy (non-hydrogen) atoms. The first-order valence-electron chi connectivity index (χ1n) is 5.92. The van der Waals surface area contributed by atoms with E-state index in [0.29, 0.717) is 5.91 Å². The molecule has 0 aliphatic carbocycles. The van der Waals surface area contributed by atoms with Crippen LogP contribution in [0.3, 0.4) is 0 Å². The molecule has 1 amide bonds. The van der Waals surface area contributed by atoms with E-state index in [1.807, 2.05) is 16.7 Å². The molecule has 0 aromatic carbocycles. The summed E-state index contributed by atoms with van der Waals surface area (Å²) in [5.41, 5.74) is 0. The highest BCUT2D eigenvalue weighted by Crippen LogP contribution is 2.16. The van der Waals surface area contributed by atoms with Crippen molar-refractivity contribution in [2.75, 3.05) is 37.7 Å². The molecule has 0 radical (unpaired) electrons. The number of amides is 1. The number of nitrogens with one attached hydrogen (secondary N) is 1. The lowest BCUT2D eigenvalue weighted by Gasteiger charge is -2.26. The first-order valence-corrected chi connectivity index (χ1v) is 7.08. The van der Waals surface area contributed by atoms with E-state index < -0.39 is 0 Å². The highest BCUT2D eigenvalue weighted by molar-refractivity contribution is 7.99. The van der Waals surface area contributed by atoms with Crippen LogP contribution in [-0.4, -0.2) is 48.5 Å². The van der Waals surface area contributed by atoms with E-state index in [1.54, 1.807) is 0 Å². The van der Waals surface area contributed by atoms with Gasteiger partial charge in [-0.05, 0) is 31.8 Å². The number of halogens is 1. The monoisotopic (exact) mass is 264 g/mol. The summed E-state index contributed by atoms with van der Waals surface area (Å²) in [5.74, 6) is 3.36. The molecule has 0 spiro atoms. The third kappa shape index (κ3) is 4.15. The minimum atomic E-state index is 0. The zero-order valence-corrected chi connectivity index (χ0v) is 11.2. The van der Waals surface area contributed by atoms with Crippen molar-refractivity contribution in [3.63, 3.8) is 0 Å². The van der Waals surface area contributed by atoms with Gasteiger partial charge in [-0.25, -0.2) is 0 Å². The second-order valence-electron chi connectivity index (χ2n) is 4.39. The molecule has 2 aliphatic rings. The van der Waals surface area contributed by atoms with Gasteiger partial charge in [0.25, 0.3) is 0 Å². The van der Waals surface area contributed by atoms with E-state index in [0.717, 1.165) is 56.4 Å². The fourth-order valence-corrected chi connectivity index (χ4v) is 3.16. The Hall–Kier alpha value is 0.0700. The Labute approximate surface area is 108 Å². The predicted octanol–water partition coefficient (Wildman–Crippen LogP) is 1.37. The number of carbonyl (C=O) groups excluding carboxylic acids is 1. The van der Waals surface area contributed by atoms with Crippen LogP contribution in [0.15, 0.2) is 0 Å². The maximum absolute atomic E-state index is 11.9. The maximum atomic E-state index is 11.9. The van der Waals surface area contributed by atoms with Crippen LogP contribution in [0.2, 0.25) is 0 Å². The molecule has 0 aromatic rings. The first kappa shape index (κ1) is 14.1. The van der Waals surface area contributed by atoms with E-state index in [-0.39, 0.29) is 12.4 Å². The number of nitrogens with zero attached hydrogens (tertiary/aromatic N) is 1. The van der Waals surface area contributed by atoms with Crippen molar-refractivity contribution in [2.24, 2.45) is 5.92 Å². The van der Waals surface area contributed by atoms with Gasteiger partial charge >= 0.3 is 0 Å². The van der Waals surface area contributed by atoms with E-state index in [2.05, 4.69) is 5.32 Å². The summed E-state index contributed by atoms with van der Waals surface area (Å²) in [4.78, 5) is 13.9. The largest absolute Gasteiger partial charge is 0.341 e. The third-order valence-electron chi connectivity index (χ3n) is 3.29. The maximum Gasteiger partial charge on any atom is 0.222 e. The van der Waals surface area contributed by atoms with Gasteiger partial charge in [-0.1, -0.05) is 0 Å². The summed E-state index contributed by atoms with van der Waals surface area (Å²) in [6.45, 7) is 4.18. The molecule has 2 fully saturated rings.